The highest BCUT2D eigenvalue weighted by molar-refractivity contribution is 5.94. The number of halogens is 3. The minimum atomic E-state index is -4.90. The van der Waals surface area contributed by atoms with Gasteiger partial charge in [-0.25, -0.2) is 9.97 Å². The molecule has 0 atom stereocenters. The van der Waals surface area contributed by atoms with Gasteiger partial charge in [-0.15, -0.1) is 0 Å². The number of fused-ring (bicyclic) bond motifs is 1. The molecular formula is C20H19F3N6O2. The molecule has 0 aliphatic carbocycles. The normalized spacial score (nSPS) is 15.3. The largest absolute Gasteiger partial charge is 0.471 e. The molecule has 31 heavy (non-hydrogen) atoms. The van der Waals surface area contributed by atoms with E-state index in [1.54, 1.807) is 23.1 Å². The van der Waals surface area contributed by atoms with Crippen molar-refractivity contribution >= 4 is 28.5 Å². The maximum atomic E-state index is 12.6. The number of carbonyl (C=O) groups is 2. The molecule has 0 saturated carbocycles. The molecule has 0 unspecified atom stereocenters. The van der Waals surface area contributed by atoms with Gasteiger partial charge in [0.25, 0.3) is 0 Å². The van der Waals surface area contributed by atoms with Crippen molar-refractivity contribution in [2.24, 2.45) is 13.0 Å². The standard InChI is InChI=1S/C20H19F3N6O2/c1-28-11-14(10-25-28)15-3-2-13-9-24-17(8-16(13)26-15)27-18(30)12-4-6-29(7-5-12)19(31)20(21,22)23/h2-3,8-12H,4-7H2,1H3,(H,24,27,30). The lowest BCUT2D eigenvalue weighted by Gasteiger charge is -2.31. The third-order valence-corrected chi connectivity index (χ3v) is 5.22. The number of carbonyl (C=O) groups excluding carboxylic acids is 2. The molecule has 4 rings (SSSR count). The number of nitrogens with one attached hydrogen (secondary N) is 1. The summed E-state index contributed by atoms with van der Waals surface area (Å²) in [5.41, 5.74) is 2.22. The first kappa shape index (κ1) is 20.8. The molecule has 1 saturated heterocycles. The van der Waals surface area contributed by atoms with E-state index in [1.807, 2.05) is 25.4 Å². The summed E-state index contributed by atoms with van der Waals surface area (Å²) in [7, 11) is 1.81. The number of aryl methyl sites for hydroxylation is 1. The van der Waals surface area contributed by atoms with E-state index >= 15 is 0 Å². The Balaban J connectivity index is 1.43. The van der Waals surface area contributed by atoms with Gasteiger partial charge in [-0.1, -0.05) is 0 Å². The topological polar surface area (TPSA) is 93.0 Å². The summed E-state index contributed by atoms with van der Waals surface area (Å²) in [4.78, 5) is 33.4. The highest BCUT2D eigenvalue weighted by Gasteiger charge is 2.43. The highest BCUT2D eigenvalue weighted by Crippen LogP contribution is 2.25. The minimum Gasteiger partial charge on any atom is -0.335 e. The van der Waals surface area contributed by atoms with Crippen LogP contribution in [-0.2, 0) is 16.6 Å². The second-order valence-electron chi connectivity index (χ2n) is 7.41. The monoisotopic (exact) mass is 432 g/mol. The second kappa shape index (κ2) is 7.97. The number of aromatic nitrogens is 4. The Morgan fingerprint density at radius 2 is 1.90 bits per heavy atom. The molecule has 3 aromatic heterocycles. The highest BCUT2D eigenvalue weighted by atomic mass is 19.4. The van der Waals surface area contributed by atoms with E-state index in [4.69, 9.17) is 0 Å². The van der Waals surface area contributed by atoms with Crippen molar-refractivity contribution < 1.29 is 22.8 Å². The Hall–Kier alpha value is -3.50. The van der Waals surface area contributed by atoms with Crippen LogP contribution in [0.15, 0.2) is 36.8 Å². The van der Waals surface area contributed by atoms with Crippen LogP contribution in [-0.4, -0.2) is 55.7 Å². The van der Waals surface area contributed by atoms with Gasteiger partial charge < -0.3 is 10.2 Å². The molecule has 1 aliphatic rings. The number of anilines is 1. The van der Waals surface area contributed by atoms with Crippen molar-refractivity contribution in [1.82, 2.24) is 24.6 Å². The number of rotatable bonds is 3. The number of nitrogens with zero attached hydrogens (tertiary/aromatic N) is 5. The summed E-state index contributed by atoms with van der Waals surface area (Å²) in [6, 6.07) is 5.38. The van der Waals surface area contributed by atoms with Crippen LogP contribution < -0.4 is 5.32 Å². The zero-order valence-electron chi connectivity index (χ0n) is 16.6. The molecule has 3 aromatic rings. The Labute approximate surface area is 175 Å². The van der Waals surface area contributed by atoms with E-state index in [9.17, 15) is 22.8 Å². The van der Waals surface area contributed by atoms with Crippen molar-refractivity contribution in [1.29, 1.82) is 0 Å². The summed E-state index contributed by atoms with van der Waals surface area (Å²) in [5, 5.41) is 7.64. The van der Waals surface area contributed by atoms with Crippen molar-refractivity contribution in [2.75, 3.05) is 18.4 Å². The SMILES string of the molecule is Cn1cc(-c2ccc3cnc(NC(=O)C4CCN(C(=O)C(F)(F)F)CC4)cc3n2)cn1. The zero-order valence-corrected chi connectivity index (χ0v) is 16.6. The molecule has 0 aromatic carbocycles. The lowest BCUT2D eigenvalue weighted by molar-refractivity contribution is -0.186. The van der Waals surface area contributed by atoms with Gasteiger partial charge in [0.15, 0.2) is 0 Å². The molecule has 1 aliphatic heterocycles. The summed E-state index contributed by atoms with van der Waals surface area (Å²) in [5.74, 6) is -2.39. The molecule has 1 fully saturated rings. The van der Waals surface area contributed by atoms with Crippen molar-refractivity contribution in [3.05, 3.63) is 36.8 Å². The molecule has 2 amide bonds. The van der Waals surface area contributed by atoms with Crippen LogP contribution in [0.25, 0.3) is 22.2 Å². The summed E-state index contributed by atoms with van der Waals surface area (Å²) < 4.78 is 39.3. The summed E-state index contributed by atoms with van der Waals surface area (Å²) in [6.07, 6.45) is 0.554. The first-order chi connectivity index (χ1) is 14.7. The van der Waals surface area contributed by atoms with Gasteiger partial charge in [-0.2, -0.15) is 18.3 Å². The lowest BCUT2D eigenvalue weighted by atomic mass is 9.96. The Morgan fingerprint density at radius 1 is 1.16 bits per heavy atom. The fourth-order valence-corrected chi connectivity index (χ4v) is 3.55. The van der Waals surface area contributed by atoms with Gasteiger partial charge in [0.2, 0.25) is 5.91 Å². The summed E-state index contributed by atoms with van der Waals surface area (Å²) in [6.45, 7) is -0.227. The minimum absolute atomic E-state index is 0.113. The van der Waals surface area contributed by atoms with Crippen LogP contribution in [0.3, 0.4) is 0 Å². The fourth-order valence-electron chi connectivity index (χ4n) is 3.55. The van der Waals surface area contributed by atoms with Crippen LogP contribution in [0.4, 0.5) is 19.0 Å². The number of hydrogen-bond donors (Lipinski definition) is 1. The van der Waals surface area contributed by atoms with E-state index in [0.29, 0.717) is 11.3 Å². The Morgan fingerprint density at radius 3 is 2.55 bits per heavy atom. The van der Waals surface area contributed by atoms with E-state index < -0.39 is 18.0 Å². The van der Waals surface area contributed by atoms with E-state index in [0.717, 1.165) is 21.5 Å². The Bertz CT molecular complexity index is 1140. The number of amides is 2. The van der Waals surface area contributed by atoms with Gasteiger partial charge in [0.1, 0.15) is 5.82 Å². The van der Waals surface area contributed by atoms with Crippen LogP contribution >= 0.6 is 0 Å². The van der Waals surface area contributed by atoms with Crippen LogP contribution in [0.1, 0.15) is 12.8 Å². The fraction of sp³-hybridized carbons (Fsp3) is 0.350. The van der Waals surface area contributed by atoms with E-state index in [2.05, 4.69) is 20.4 Å². The smallest absolute Gasteiger partial charge is 0.335 e. The molecule has 0 bridgehead atoms. The average Bonchev–Trinajstić information content (AvgIpc) is 3.18. The maximum absolute atomic E-state index is 12.6. The number of piperidine rings is 1. The van der Waals surface area contributed by atoms with Crippen LogP contribution in [0.2, 0.25) is 0 Å². The molecule has 0 radical (unpaired) electrons. The van der Waals surface area contributed by atoms with Gasteiger partial charge >= 0.3 is 12.1 Å². The molecule has 4 heterocycles. The predicted molar refractivity (Wildman–Crippen MR) is 106 cm³/mol. The molecule has 162 valence electrons. The number of alkyl halides is 3. The molecule has 1 N–H and O–H groups in total. The van der Waals surface area contributed by atoms with Gasteiger partial charge in [0.05, 0.1) is 17.4 Å². The number of hydrogen-bond acceptors (Lipinski definition) is 5. The van der Waals surface area contributed by atoms with E-state index in [1.165, 1.54) is 0 Å². The third-order valence-electron chi connectivity index (χ3n) is 5.22. The van der Waals surface area contributed by atoms with Crippen molar-refractivity contribution in [3.63, 3.8) is 0 Å². The quantitative estimate of drug-likeness (QED) is 0.687. The number of likely N-dealkylation sites (tertiary alicyclic amines) is 1. The van der Waals surface area contributed by atoms with Gasteiger partial charge in [-0.3, -0.25) is 14.3 Å². The number of pyridine rings is 2. The zero-order chi connectivity index (χ0) is 22.2. The van der Waals surface area contributed by atoms with Crippen LogP contribution in [0, 0.1) is 5.92 Å². The summed E-state index contributed by atoms with van der Waals surface area (Å²) >= 11 is 0. The lowest BCUT2D eigenvalue weighted by Crippen LogP contribution is -2.46. The maximum Gasteiger partial charge on any atom is 0.471 e. The van der Waals surface area contributed by atoms with Gasteiger partial charge in [-0.05, 0) is 25.0 Å². The molecular weight excluding hydrogens is 413 g/mol. The second-order valence-corrected chi connectivity index (χ2v) is 7.41. The van der Waals surface area contributed by atoms with Crippen molar-refractivity contribution in [2.45, 2.75) is 19.0 Å². The van der Waals surface area contributed by atoms with Gasteiger partial charge in [0, 0.05) is 55.5 Å². The first-order valence-corrected chi connectivity index (χ1v) is 9.63. The van der Waals surface area contributed by atoms with Crippen molar-refractivity contribution in [3.8, 4) is 11.3 Å². The average molecular weight is 432 g/mol. The first-order valence-electron chi connectivity index (χ1n) is 9.63. The third kappa shape index (κ3) is 4.49. The predicted octanol–water partition coefficient (Wildman–Crippen LogP) is 2.77. The van der Waals surface area contributed by atoms with Crippen LogP contribution in [0.5, 0.6) is 0 Å². The molecule has 0 spiro atoms. The van der Waals surface area contributed by atoms with E-state index in [-0.39, 0.29) is 31.8 Å². The molecule has 11 heteroatoms. The molecule has 8 nitrogen and oxygen atoms in total. The Kier molecular flexibility index (Phi) is 5.34.